The third-order valence-corrected chi connectivity index (χ3v) is 4.35. The molecule has 2 rings (SSSR count). The van der Waals surface area contributed by atoms with Crippen LogP contribution in [-0.2, 0) is 11.0 Å². The maximum Gasteiger partial charge on any atom is 0.418 e. The number of nitriles is 1. The predicted molar refractivity (Wildman–Crippen MR) is 95.8 cm³/mol. The second-order valence-electron chi connectivity index (χ2n) is 5.92. The van der Waals surface area contributed by atoms with Gasteiger partial charge in [0.1, 0.15) is 11.6 Å². The number of halogens is 4. The Morgan fingerprint density at radius 2 is 2.00 bits per heavy atom. The molecular formula is C17H19ClF3N5O. The first-order valence-corrected chi connectivity index (χ1v) is 8.59. The molecule has 1 amide bonds. The van der Waals surface area contributed by atoms with Crippen LogP contribution >= 0.6 is 11.6 Å². The highest BCUT2D eigenvalue weighted by atomic mass is 35.5. The van der Waals surface area contributed by atoms with Crippen molar-refractivity contribution in [2.24, 2.45) is 5.73 Å². The smallest absolute Gasteiger partial charge is 0.360 e. The topological polar surface area (TPSA) is 85.4 Å². The number of piperazine rings is 1. The third kappa shape index (κ3) is 5.60. The normalized spacial score (nSPS) is 16.1. The van der Waals surface area contributed by atoms with Crippen LogP contribution in [0.5, 0.6) is 0 Å². The molecule has 0 saturated carbocycles. The van der Waals surface area contributed by atoms with Gasteiger partial charge in [0.2, 0.25) is 0 Å². The standard InChI is InChI=1S/C17H19ClF3N5O/c18-13-1-2-15(14(9-13)17(19,20)21)24-11-12(10-23)16(27)26-7-5-25(4-3-22)6-8-26/h1-2,9,11,24H,3-8,22H2/b12-11-. The number of nitrogens with one attached hydrogen (secondary N) is 1. The summed E-state index contributed by atoms with van der Waals surface area (Å²) in [6, 6.07) is 4.96. The Bertz CT molecular complexity index is 752. The van der Waals surface area contributed by atoms with E-state index >= 15 is 0 Å². The molecule has 1 fully saturated rings. The molecule has 0 atom stereocenters. The first-order chi connectivity index (χ1) is 12.8. The number of carbonyl (C=O) groups is 1. The van der Waals surface area contributed by atoms with Gasteiger partial charge in [-0.3, -0.25) is 9.69 Å². The Labute approximate surface area is 160 Å². The van der Waals surface area contributed by atoms with Gasteiger partial charge in [-0.15, -0.1) is 0 Å². The number of anilines is 1. The average Bonchev–Trinajstić information content (AvgIpc) is 2.63. The molecule has 0 unspecified atom stereocenters. The number of hydrogen-bond donors (Lipinski definition) is 2. The van der Waals surface area contributed by atoms with Crippen molar-refractivity contribution in [2.75, 3.05) is 44.6 Å². The molecule has 1 aromatic carbocycles. The van der Waals surface area contributed by atoms with Crippen LogP contribution in [0.1, 0.15) is 5.56 Å². The molecule has 1 aromatic rings. The molecule has 1 saturated heterocycles. The van der Waals surface area contributed by atoms with Gasteiger partial charge in [-0.1, -0.05) is 11.6 Å². The van der Waals surface area contributed by atoms with Crippen LogP contribution < -0.4 is 11.1 Å². The maximum atomic E-state index is 13.1. The summed E-state index contributed by atoms with van der Waals surface area (Å²) in [5.41, 5.74) is 3.95. The summed E-state index contributed by atoms with van der Waals surface area (Å²) >= 11 is 5.63. The van der Waals surface area contributed by atoms with Crippen LogP contribution in [0.25, 0.3) is 0 Å². The van der Waals surface area contributed by atoms with Crippen molar-refractivity contribution in [2.45, 2.75) is 6.18 Å². The van der Waals surface area contributed by atoms with Crippen molar-refractivity contribution in [3.63, 3.8) is 0 Å². The number of carbonyl (C=O) groups excluding carboxylic acids is 1. The fraction of sp³-hybridized carbons (Fsp3) is 0.412. The lowest BCUT2D eigenvalue weighted by Gasteiger charge is -2.34. The first kappa shape index (κ1) is 21.0. The van der Waals surface area contributed by atoms with Gasteiger partial charge in [-0.2, -0.15) is 18.4 Å². The van der Waals surface area contributed by atoms with Gasteiger partial charge < -0.3 is 16.0 Å². The number of hydrogen-bond acceptors (Lipinski definition) is 5. The minimum absolute atomic E-state index is 0.0659. The van der Waals surface area contributed by atoms with Gasteiger partial charge in [-0.25, -0.2) is 0 Å². The molecule has 1 heterocycles. The Hall–Kier alpha value is -2.28. The molecule has 6 nitrogen and oxygen atoms in total. The Balaban J connectivity index is 2.12. The van der Waals surface area contributed by atoms with Crippen molar-refractivity contribution < 1.29 is 18.0 Å². The van der Waals surface area contributed by atoms with E-state index in [-0.39, 0.29) is 16.3 Å². The molecule has 146 valence electrons. The molecule has 1 aliphatic rings. The van der Waals surface area contributed by atoms with Crippen molar-refractivity contribution >= 4 is 23.2 Å². The Morgan fingerprint density at radius 1 is 1.33 bits per heavy atom. The summed E-state index contributed by atoms with van der Waals surface area (Å²) in [6.45, 7) is 3.35. The molecule has 0 radical (unpaired) electrons. The van der Waals surface area contributed by atoms with Crippen molar-refractivity contribution in [1.29, 1.82) is 5.26 Å². The zero-order valence-electron chi connectivity index (χ0n) is 14.4. The molecule has 0 bridgehead atoms. The molecule has 27 heavy (non-hydrogen) atoms. The molecule has 1 aliphatic heterocycles. The maximum absolute atomic E-state index is 13.1. The Morgan fingerprint density at radius 3 is 2.56 bits per heavy atom. The fourth-order valence-corrected chi connectivity index (χ4v) is 2.87. The minimum Gasteiger partial charge on any atom is -0.360 e. The van der Waals surface area contributed by atoms with E-state index in [4.69, 9.17) is 17.3 Å². The second-order valence-corrected chi connectivity index (χ2v) is 6.36. The van der Waals surface area contributed by atoms with Crippen molar-refractivity contribution in [3.8, 4) is 6.07 Å². The number of nitrogens with two attached hydrogens (primary N) is 1. The SMILES string of the molecule is N#C/C(=C/Nc1ccc(Cl)cc1C(F)(F)F)C(=O)N1CCN(CCN)CC1. The fourth-order valence-electron chi connectivity index (χ4n) is 2.70. The predicted octanol–water partition coefficient (Wildman–Crippen LogP) is 2.28. The number of alkyl halides is 3. The molecule has 0 spiro atoms. The molecule has 3 N–H and O–H groups in total. The lowest BCUT2D eigenvalue weighted by Crippen LogP contribution is -2.50. The first-order valence-electron chi connectivity index (χ1n) is 8.21. The van der Waals surface area contributed by atoms with Gasteiger partial charge in [0.05, 0.1) is 11.3 Å². The van der Waals surface area contributed by atoms with Gasteiger partial charge in [0.25, 0.3) is 5.91 Å². The van der Waals surface area contributed by atoms with Crippen LogP contribution in [-0.4, -0.2) is 55.0 Å². The van der Waals surface area contributed by atoms with E-state index in [1.807, 2.05) is 0 Å². The lowest BCUT2D eigenvalue weighted by atomic mass is 10.1. The third-order valence-electron chi connectivity index (χ3n) is 4.11. The van der Waals surface area contributed by atoms with E-state index in [2.05, 4.69) is 10.2 Å². The number of benzene rings is 1. The average molecular weight is 402 g/mol. The van der Waals surface area contributed by atoms with Crippen LogP contribution in [0.4, 0.5) is 18.9 Å². The summed E-state index contributed by atoms with van der Waals surface area (Å²) in [5, 5.41) is 11.6. The van der Waals surface area contributed by atoms with E-state index in [9.17, 15) is 23.2 Å². The van der Waals surface area contributed by atoms with Gasteiger partial charge in [-0.05, 0) is 18.2 Å². The van der Waals surface area contributed by atoms with E-state index in [1.54, 1.807) is 6.07 Å². The number of amides is 1. The zero-order valence-corrected chi connectivity index (χ0v) is 15.1. The summed E-state index contributed by atoms with van der Waals surface area (Å²) in [6.07, 6.45) is -3.63. The number of rotatable bonds is 5. The van der Waals surface area contributed by atoms with Crippen molar-refractivity contribution in [1.82, 2.24) is 9.80 Å². The number of nitrogens with zero attached hydrogens (tertiary/aromatic N) is 3. The lowest BCUT2D eigenvalue weighted by molar-refractivity contribution is -0.137. The van der Waals surface area contributed by atoms with Crippen LogP contribution in [0.15, 0.2) is 30.0 Å². The highest BCUT2D eigenvalue weighted by molar-refractivity contribution is 6.30. The van der Waals surface area contributed by atoms with Crippen LogP contribution in [0.2, 0.25) is 5.02 Å². The summed E-state index contributed by atoms with van der Waals surface area (Å²) in [7, 11) is 0. The molecule has 10 heteroatoms. The van der Waals surface area contributed by atoms with Crippen LogP contribution in [0, 0.1) is 11.3 Å². The minimum atomic E-state index is -4.63. The van der Waals surface area contributed by atoms with E-state index in [0.717, 1.165) is 24.9 Å². The van der Waals surface area contributed by atoms with Gasteiger partial charge in [0.15, 0.2) is 0 Å². The Kier molecular flexibility index (Phi) is 7.07. The zero-order chi connectivity index (χ0) is 20.0. The molecule has 0 aromatic heterocycles. The van der Waals surface area contributed by atoms with E-state index in [1.165, 1.54) is 11.0 Å². The molecular weight excluding hydrogens is 383 g/mol. The second kappa shape index (κ2) is 9.08. The molecule has 0 aliphatic carbocycles. The summed E-state index contributed by atoms with van der Waals surface area (Å²) in [5.74, 6) is -0.528. The summed E-state index contributed by atoms with van der Waals surface area (Å²) in [4.78, 5) is 16.1. The highest BCUT2D eigenvalue weighted by Crippen LogP contribution is 2.36. The van der Waals surface area contributed by atoms with Gasteiger partial charge >= 0.3 is 6.18 Å². The van der Waals surface area contributed by atoms with Gasteiger partial charge in [0, 0.05) is 50.5 Å². The van der Waals surface area contributed by atoms with Crippen molar-refractivity contribution in [3.05, 3.63) is 40.6 Å². The largest absolute Gasteiger partial charge is 0.418 e. The summed E-state index contributed by atoms with van der Waals surface area (Å²) < 4.78 is 39.3. The van der Waals surface area contributed by atoms with E-state index in [0.29, 0.717) is 32.7 Å². The quantitative estimate of drug-likeness (QED) is 0.584. The highest BCUT2D eigenvalue weighted by Gasteiger charge is 2.33. The van der Waals surface area contributed by atoms with Crippen LogP contribution in [0.3, 0.4) is 0 Å². The van der Waals surface area contributed by atoms with E-state index < -0.39 is 17.6 Å². The monoisotopic (exact) mass is 401 g/mol.